The summed E-state index contributed by atoms with van der Waals surface area (Å²) in [5.41, 5.74) is 2.99. The summed E-state index contributed by atoms with van der Waals surface area (Å²) in [6.07, 6.45) is 1.15. The molecule has 0 unspecified atom stereocenters. The number of nitrogens with zero attached hydrogens (tertiary/aromatic N) is 1. The van der Waals surface area contributed by atoms with Crippen LogP contribution in [0.25, 0.3) is 0 Å². The third-order valence-corrected chi connectivity index (χ3v) is 5.11. The van der Waals surface area contributed by atoms with Crippen LogP contribution in [-0.4, -0.2) is 27.1 Å². The molecular weight excluding hydrogens is 360 g/mol. The molecule has 0 radical (unpaired) electrons. The van der Waals surface area contributed by atoms with Crippen LogP contribution in [0, 0.1) is 13.8 Å². The minimum Gasteiger partial charge on any atom is -0.325 e. The second-order valence-electron chi connectivity index (χ2n) is 5.96. The molecule has 0 saturated carbocycles. The number of anilines is 2. The topological polar surface area (TPSA) is 66.5 Å². The minimum absolute atomic E-state index is 0.0191. The van der Waals surface area contributed by atoms with E-state index in [1.807, 2.05) is 19.9 Å². The van der Waals surface area contributed by atoms with Crippen molar-refractivity contribution in [2.45, 2.75) is 20.3 Å². The number of hydrogen-bond acceptors (Lipinski definition) is 3. The number of amides is 1. The van der Waals surface area contributed by atoms with Gasteiger partial charge in [-0.15, -0.1) is 0 Å². The molecule has 0 bridgehead atoms. The average molecular weight is 381 g/mol. The molecule has 0 aliphatic carbocycles. The van der Waals surface area contributed by atoms with Gasteiger partial charge >= 0.3 is 0 Å². The van der Waals surface area contributed by atoms with Crippen molar-refractivity contribution in [3.8, 4) is 0 Å². The number of sulfonamides is 1. The highest BCUT2D eigenvalue weighted by molar-refractivity contribution is 7.92. The third-order valence-electron chi connectivity index (χ3n) is 3.58. The van der Waals surface area contributed by atoms with Gasteiger partial charge in [-0.1, -0.05) is 29.8 Å². The zero-order chi connectivity index (χ0) is 18.6. The van der Waals surface area contributed by atoms with E-state index >= 15 is 0 Å². The second-order valence-corrected chi connectivity index (χ2v) is 8.27. The quantitative estimate of drug-likeness (QED) is 0.829. The standard InChI is InChI=1S/C18H21ClN2O3S/c1-13-10-14(2)12-15(11-13)21(25(3,23)24)9-8-18(22)20-17-7-5-4-6-16(17)19/h4-7,10-12H,8-9H2,1-3H3,(H,20,22). The van der Waals surface area contributed by atoms with Crippen molar-refractivity contribution >= 4 is 38.9 Å². The molecule has 1 amide bonds. The van der Waals surface area contributed by atoms with E-state index < -0.39 is 10.0 Å². The van der Waals surface area contributed by atoms with Gasteiger partial charge < -0.3 is 5.32 Å². The van der Waals surface area contributed by atoms with Crippen LogP contribution in [0.3, 0.4) is 0 Å². The Morgan fingerprint density at radius 3 is 2.28 bits per heavy atom. The van der Waals surface area contributed by atoms with E-state index in [-0.39, 0.29) is 18.9 Å². The van der Waals surface area contributed by atoms with Crippen LogP contribution in [-0.2, 0) is 14.8 Å². The first-order chi connectivity index (χ1) is 11.7. The SMILES string of the molecule is Cc1cc(C)cc(N(CCC(=O)Nc2ccccc2Cl)S(C)(=O)=O)c1. The van der Waals surface area contributed by atoms with Gasteiger partial charge in [0.15, 0.2) is 0 Å². The van der Waals surface area contributed by atoms with E-state index in [1.165, 1.54) is 4.31 Å². The minimum atomic E-state index is -3.50. The number of carbonyl (C=O) groups excluding carboxylic acids is 1. The molecule has 5 nitrogen and oxygen atoms in total. The summed E-state index contributed by atoms with van der Waals surface area (Å²) in [5, 5.41) is 3.13. The maximum absolute atomic E-state index is 12.2. The molecule has 0 aromatic heterocycles. The Morgan fingerprint density at radius 1 is 1.12 bits per heavy atom. The number of aryl methyl sites for hydroxylation is 2. The molecule has 0 spiro atoms. The molecule has 25 heavy (non-hydrogen) atoms. The van der Waals surface area contributed by atoms with Gasteiger partial charge in [-0.05, 0) is 49.2 Å². The Hall–Kier alpha value is -2.05. The van der Waals surface area contributed by atoms with Gasteiger partial charge in [-0.3, -0.25) is 9.10 Å². The van der Waals surface area contributed by atoms with E-state index in [9.17, 15) is 13.2 Å². The van der Waals surface area contributed by atoms with E-state index in [0.29, 0.717) is 16.4 Å². The molecule has 0 aliphatic rings. The molecule has 2 aromatic carbocycles. The van der Waals surface area contributed by atoms with Crippen LogP contribution in [0.1, 0.15) is 17.5 Å². The van der Waals surface area contributed by atoms with E-state index in [1.54, 1.807) is 36.4 Å². The number of halogens is 1. The first-order valence-electron chi connectivity index (χ1n) is 7.77. The summed E-state index contributed by atoms with van der Waals surface area (Å²) in [5.74, 6) is -0.300. The number of benzene rings is 2. The van der Waals surface area contributed by atoms with Crippen LogP contribution >= 0.6 is 11.6 Å². The summed E-state index contributed by atoms with van der Waals surface area (Å²) in [7, 11) is -3.50. The fraction of sp³-hybridized carbons (Fsp3) is 0.278. The summed E-state index contributed by atoms with van der Waals surface area (Å²) >= 11 is 6.01. The highest BCUT2D eigenvalue weighted by Gasteiger charge is 2.19. The predicted octanol–water partition coefficient (Wildman–Crippen LogP) is 3.75. The Bertz CT molecular complexity index is 861. The molecule has 0 atom stereocenters. The molecule has 134 valence electrons. The van der Waals surface area contributed by atoms with Crippen LogP contribution in [0.15, 0.2) is 42.5 Å². The van der Waals surface area contributed by atoms with Gasteiger partial charge in [0.05, 0.1) is 22.7 Å². The maximum Gasteiger partial charge on any atom is 0.232 e. The zero-order valence-electron chi connectivity index (χ0n) is 14.4. The highest BCUT2D eigenvalue weighted by atomic mass is 35.5. The molecule has 0 aliphatic heterocycles. The number of para-hydroxylation sites is 1. The van der Waals surface area contributed by atoms with Crippen LogP contribution in [0.5, 0.6) is 0 Å². The monoisotopic (exact) mass is 380 g/mol. The van der Waals surface area contributed by atoms with Crippen molar-refractivity contribution in [2.24, 2.45) is 0 Å². The summed E-state index contributed by atoms with van der Waals surface area (Å²) < 4.78 is 25.6. The Kier molecular flexibility index (Phi) is 6.08. The van der Waals surface area contributed by atoms with E-state index in [4.69, 9.17) is 11.6 Å². The summed E-state index contributed by atoms with van der Waals surface area (Å²) in [4.78, 5) is 12.2. The third kappa shape index (κ3) is 5.47. The molecule has 2 rings (SSSR count). The molecule has 2 aromatic rings. The van der Waals surface area contributed by atoms with Gasteiger partial charge in [-0.2, -0.15) is 0 Å². The van der Waals surface area contributed by atoms with E-state index in [0.717, 1.165) is 17.4 Å². The van der Waals surface area contributed by atoms with Crippen molar-refractivity contribution in [3.05, 3.63) is 58.6 Å². The van der Waals surface area contributed by atoms with Gasteiger partial charge in [0.2, 0.25) is 15.9 Å². The van der Waals surface area contributed by atoms with Crippen molar-refractivity contribution < 1.29 is 13.2 Å². The van der Waals surface area contributed by atoms with Gasteiger partial charge in [0.1, 0.15) is 0 Å². The fourth-order valence-corrected chi connectivity index (χ4v) is 3.65. The van der Waals surface area contributed by atoms with E-state index in [2.05, 4.69) is 5.32 Å². The number of nitrogens with one attached hydrogen (secondary N) is 1. The first-order valence-corrected chi connectivity index (χ1v) is 10.00. The van der Waals surface area contributed by atoms with Gasteiger partial charge in [0.25, 0.3) is 0 Å². The van der Waals surface area contributed by atoms with Crippen LogP contribution < -0.4 is 9.62 Å². The fourth-order valence-electron chi connectivity index (χ4n) is 2.56. The van der Waals surface area contributed by atoms with Gasteiger partial charge in [0, 0.05) is 13.0 Å². The van der Waals surface area contributed by atoms with Crippen LogP contribution in [0.2, 0.25) is 5.02 Å². The molecule has 0 saturated heterocycles. The predicted molar refractivity (Wildman–Crippen MR) is 103 cm³/mol. The lowest BCUT2D eigenvalue weighted by atomic mass is 10.1. The first kappa shape index (κ1) is 19.3. The number of hydrogen-bond donors (Lipinski definition) is 1. The molecule has 0 heterocycles. The number of rotatable bonds is 6. The maximum atomic E-state index is 12.2. The van der Waals surface area contributed by atoms with Gasteiger partial charge in [-0.25, -0.2) is 8.42 Å². The van der Waals surface area contributed by atoms with Crippen molar-refractivity contribution in [2.75, 3.05) is 22.4 Å². The lowest BCUT2D eigenvalue weighted by molar-refractivity contribution is -0.116. The van der Waals surface area contributed by atoms with Crippen molar-refractivity contribution in [1.29, 1.82) is 0 Å². The van der Waals surface area contributed by atoms with Crippen molar-refractivity contribution in [3.63, 3.8) is 0 Å². The molecule has 1 N–H and O–H groups in total. The largest absolute Gasteiger partial charge is 0.325 e. The lowest BCUT2D eigenvalue weighted by Crippen LogP contribution is -2.33. The Labute approximate surface area is 153 Å². The molecular formula is C18H21ClN2O3S. The average Bonchev–Trinajstić information content (AvgIpc) is 2.47. The smallest absolute Gasteiger partial charge is 0.232 e. The van der Waals surface area contributed by atoms with Crippen molar-refractivity contribution in [1.82, 2.24) is 0 Å². The molecule has 0 fully saturated rings. The normalized spacial score (nSPS) is 11.2. The Balaban J connectivity index is 2.13. The summed E-state index contributed by atoms with van der Waals surface area (Å²) in [6, 6.07) is 12.4. The second kappa shape index (κ2) is 7.89. The highest BCUT2D eigenvalue weighted by Crippen LogP contribution is 2.23. The van der Waals surface area contributed by atoms with Crippen LogP contribution in [0.4, 0.5) is 11.4 Å². The molecule has 7 heteroatoms. The lowest BCUT2D eigenvalue weighted by Gasteiger charge is -2.23. The number of carbonyl (C=O) groups is 1. The Morgan fingerprint density at radius 2 is 1.72 bits per heavy atom. The zero-order valence-corrected chi connectivity index (χ0v) is 16.0. The summed E-state index contributed by atoms with van der Waals surface area (Å²) in [6.45, 7) is 3.86.